The van der Waals surface area contributed by atoms with E-state index < -0.39 is 17.7 Å². The van der Waals surface area contributed by atoms with E-state index in [1.807, 2.05) is 13.2 Å². The van der Waals surface area contributed by atoms with E-state index in [0.717, 1.165) is 5.56 Å². The average molecular weight is 405 g/mol. The van der Waals surface area contributed by atoms with Gasteiger partial charge in [0.25, 0.3) is 0 Å². The standard InChI is InChI=1S/C18H23N5O4S/c1-11-8-20-23(9-11)15-4-3-12(16(19)25)7-14(15)22-18(27)17(26)21-13(5-6-24)10-28-2/h3-4,7-9,13,24H,5-6,10H2,1-2H3,(H2,19,25)(H,21,26)(H,22,27). The molecule has 150 valence electrons. The van der Waals surface area contributed by atoms with Gasteiger partial charge in [0, 0.05) is 30.2 Å². The van der Waals surface area contributed by atoms with Crippen molar-refractivity contribution in [1.29, 1.82) is 0 Å². The minimum absolute atomic E-state index is 0.101. The van der Waals surface area contributed by atoms with E-state index in [1.165, 1.54) is 28.6 Å². The van der Waals surface area contributed by atoms with Gasteiger partial charge in [0.2, 0.25) is 5.91 Å². The number of aliphatic hydroxyl groups is 1. The van der Waals surface area contributed by atoms with Gasteiger partial charge in [-0.1, -0.05) is 0 Å². The summed E-state index contributed by atoms with van der Waals surface area (Å²) in [6, 6.07) is 4.17. The Morgan fingerprint density at radius 3 is 2.64 bits per heavy atom. The molecule has 0 bridgehead atoms. The molecule has 0 saturated heterocycles. The Kier molecular flexibility index (Phi) is 7.59. The van der Waals surface area contributed by atoms with Crippen molar-refractivity contribution >= 4 is 35.2 Å². The fourth-order valence-corrected chi connectivity index (χ4v) is 3.17. The number of nitrogens with zero attached hydrogens (tertiary/aromatic N) is 2. The number of nitrogens with one attached hydrogen (secondary N) is 2. The van der Waals surface area contributed by atoms with Gasteiger partial charge in [-0.15, -0.1) is 0 Å². The summed E-state index contributed by atoms with van der Waals surface area (Å²) in [5.41, 5.74) is 7.11. The highest BCUT2D eigenvalue weighted by Gasteiger charge is 2.20. The van der Waals surface area contributed by atoms with Crippen LogP contribution >= 0.6 is 11.8 Å². The summed E-state index contributed by atoms with van der Waals surface area (Å²) < 4.78 is 1.52. The Balaban J connectivity index is 2.25. The van der Waals surface area contributed by atoms with Crippen LogP contribution in [0.15, 0.2) is 30.6 Å². The van der Waals surface area contributed by atoms with Crippen LogP contribution in [0.1, 0.15) is 22.3 Å². The number of hydrogen-bond donors (Lipinski definition) is 4. The monoisotopic (exact) mass is 405 g/mol. The van der Waals surface area contributed by atoms with E-state index in [4.69, 9.17) is 10.8 Å². The van der Waals surface area contributed by atoms with E-state index in [0.29, 0.717) is 17.9 Å². The van der Waals surface area contributed by atoms with Crippen molar-refractivity contribution in [1.82, 2.24) is 15.1 Å². The number of anilines is 1. The summed E-state index contributed by atoms with van der Waals surface area (Å²) in [5.74, 6) is -1.82. The van der Waals surface area contributed by atoms with Gasteiger partial charge in [-0.2, -0.15) is 16.9 Å². The number of aliphatic hydroxyl groups excluding tert-OH is 1. The lowest BCUT2D eigenvalue weighted by Crippen LogP contribution is -2.43. The van der Waals surface area contributed by atoms with Crippen LogP contribution in [0.5, 0.6) is 0 Å². The van der Waals surface area contributed by atoms with Crippen LogP contribution in [0.25, 0.3) is 5.69 Å². The minimum Gasteiger partial charge on any atom is -0.396 e. The number of amides is 3. The molecule has 2 rings (SSSR count). The highest BCUT2D eigenvalue weighted by molar-refractivity contribution is 7.98. The molecule has 0 aliphatic rings. The molecule has 1 aromatic carbocycles. The van der Waals surface area contributed by atoms with Gasteiger partial charge < -0.3 is 21.5 Å². The van der Waals surface area contributed by atoms with Gasteiger partial charge in [-0.05, 0) is 43.4 Å². The third-order valence-electron chi connectivity index (χ3n) is 3.87. The highest BCUT2D eigenvalue weighted by Crippen LogP contribution is 2.22. The van der Waals surface area contributed by atoms with Crippen molar-refractivity contribution in [2.75, 3.05) is 23.9 Å². The summed E-state index contributed by atoms with van der Waals surface area (Å²) in [7, 11) is 0. The van der Waals surface area contributed by atoms with Gasteiger partial charge in [0.1, 0.15) is 0 Å². The Hall–Kier alpha value is -2.85. The number of primary amides is 1. The quantitative estimate of drug-likeness (QED) is 0.470. The van der Waals surface area contributed by atoms with Gasteiger partial charge in [0.05, 0.1) is 17.6 Å². The molecule has 1 atom stereocenters. The Labute approximate surface area is 166 Å². The van der Waals surface area contributed by atoms with Crippen LogP contribution in [0.3, 0.4) is 0 Å². The SMILES string of the molecule is CSCC(CCO)NC(=O)C(=O)Nc1cc(C(N)=O)ccc1-n1cc(C)cn1. The number of aryl methyl sites for hydroxylation is 1. The first-order chi connectivity index (χ1) is 13.3. The average Bonchev–Trinajstić information content (AvgIpc) is 3.08. The first-order valence-corrected chi connectivity index (χ1v) is 9.92. The van der Waals surface area contributed by atoms with Crippen molar-refractivity contribution in [2.45, 2.75) is 19.4 Å². The minimum atomic E-state index is -0.893. The van der Waals surface area contributed by atoms with E-state index in [2.05, 4.69) is 15.7 Å². The molecule has 0 spiro atoms. The molecular formula is C18H23N5O4S. The maximum atomic E-state index is 12.4. The van der Waals surface area contributed by atoms with E-state index in [9.17, 15) is 14.4 Å². The lowest BCUT2D eigenvalue weighted by Gasteiger charge is -2.17. The van der Waals surface area contributed by atoms with E-state index >= 15 is 0 Å². The molecule has 0 fully saturated rings. The molecule has 0 radical (unpaired) electrons. The number of carbonyl (C=O) groups is 3. The van der Waals surface area contributed by atoms with Crippen molar-refractivity contribution in [3.8, 4) is 5.69 Å². The Bertz CT molecular complexity index is 861. The van der Waals surface area contributed by atoms with Crippen molar-refractivity contribution < 1.29 is 19.5 Å². The van der Waals surface area contributed by atoms with Crippen LogP contribution in [0.2, 0.25) is 0 Å². The summed E-state index contributed by atoms with van der Waals surface area (Å²) in [6.45, 7) is 1.76. The number of hydrogen-bond acceptors (Lipinski definition) is 6. The van der Waals surface area contributed by atoms with Gasteiger partial charge in [0.15, 0.2) is 0 Å². The second-order valence-corrected chi connectivity index (χ2v) is 7.06. The number of nitrogens with two attached hydrogens (primary N) is 1. The van der Waals surface area contributed by atoms with Crippen LogP contribution in [0.4, 0.5) is 5.69 Å². The lowest BCUT2D eigenvalue weighted by molar-refractivity contribution is -0.136. The zero-order chi connectivity index (χ0) is 20.7. The fourth-order valence-electron chi connectivity index (χ4n) is 2.52. The van der Waals surface area contributed by atoms with Crippen molar-refractivity contribution in [2.24, 2.45) is 5.73 Å². The van der Waals surface area contributed by atoms with Crippen LogP contribution in [-0.2, 0) is 9.59 Å². The fraction of sp³-hybridized carbons (Fsp3) is 0.333. The normalized spacial score (nSPS) is 11.7. The number of carbonyl (C=O) groups excluding carboxylic acids is 3. The molecule has 9 nitrogen and oxygen atoms in total. The number of thioether (sulfide) groups is 1. The first-order valence-electron chi connectivity index (χ1n) is 8.52. The molecule has 2 aromatic rings. The van der Waals surface area contributed by atoms with Crippen molar-refractivity contribution in [3.63, 3.8) is 0 Å². The maximum Gasteiger partial charge on any atom is 0.313 e. The second kappa shape index (κ2) is 9.90. The zero-order valence-corrected chi connectivity index (χ0v) is 16.5. The van der Waals surface area contributed by atoms with E-state index in [1.54, 1.807) is 18.5 Å². The third kappa shape index (κ3) is 5.57. The molecule has 0 saturated carbocycles. The molecule has 1 heterocycles. The highest BCUT2D eigenvalue weighted by atomic mass is 32.2. The van der Waals surface area contributed by atoms with Crippen LogP contribution in [0, 0.1) is 6.92 Å². The largest absolute Gasteiger partial charge is 0.396 e. The van der Waals surface area contributed by atoms with E-state index in [-0.39, 0.29) is 23.9 Å². The molecule has 0 aliphatic heterocycles. The predicted molar refractivity (Wildman–Crippen MR) is 107 cm³/mol. The topological polar surface area (TPSA) is 139 Å². The van der Waals surface area contributed by atoms with Gasteiger partial charge in [-0.25, -0.2) is 4.68 Å². The van der Waals surface area contributed by atoms with Gasteiger partial charge >= 0.3 is 11.8 Å². The molecule has 1 aromatic heterocycles. The lowest BCUT2D eigenvalue weighted by atomic mass is 10.1. The number of aromatic nitrogens is 2. The molecule has 10 heteroatoms. The molecule has 5 N–H and O–H groups in total. The third-order valence-corrected chi connectivity index (χ3v) is 4.61. The maximum absolute atomic E-state index is 12.4. The summed E-state index contributed by atoms with van der Waals surface area (Å²) >= 11 is 1.49. The molecular weight excluding hydrogens is 382 g/mol. The van der Waals surface area contributed by atoms with Gasteiger partial charge in [-0.3, -0.25) is 14.4 Å². The van der Waals surface area contributed by atoms with Crippen LogP contribution in [-0.4, -0.2) is 57.3 Å². The second-order valence-electron chi connectivity index (χ2n) is 6.15. The van der Waals surface area contributed by atoms with Crippen LogP contribution < -0.4 is 16.4 Å². The summed E-state index contributed by atoms with van der Waals surface area (Å²) in [4.78, 5) is 36.1. The smallest absolute Gasteiger partial charge is 0.313 e. The number of benzene rings is 1. The molecule has 1 unspecified atom stereocenters. The molecule has 3 amide bonds. The Morgan fingerprint density at radius 2 is 2.07 bits per heavy atom. The predicted octanol–water partition coefficient (Wildman–Crippen LogP) is 0.448. The molecule has 0 aliphatic carbocycles. The number of rotatable bonds is 8. The first kappa shape index (κ1) is 21.5. The Morgan fingerprint density at radius 1 is 1.32 bits per heavy atom. The van der Waals surface area contributed by atoms with Crippen molar-refractivity contribution in [3.05, 3.63) is 41.7 Å². The summed E-state index contributed by atoms with van der Waals surface area (Å²) in [6.07, 6.45) is 5.59. The zero-order valence-electron chi connectivity index (χ0n) is 15.6. The summed E-state index contributed by atoms with van der Waals surface area (Å²) in [5, 5.41) is 18.4. The molecule has 28 heavy (non-hydrogen) atoms.